The second-order valence-corrected chi connectivity index (χ2v) is 2.99. The maximum atomic E-state index is 5.04. The van der Waals surface area contributed by atoms with Crippen LogP contribution in [0.2, 0.25) is 0 Å². The lowest BCUT2D eigenvalue weighted by atomic mass is 10.2. The fourth-order valence-electron chi connectivity index (χ4n) is 1.01. The van der Waals surface area contributed by atoms with E-state index in [0.29, 0.717) is 5.82 Å². The van der Waals surface area contributed by atoms with E-state index in [9.17, 15) is 0 Å². The average molecular weight is 191 g/mol. The first kappa shape index (κ1) is 8.19. The molecule has 0 aliphatic heterocycles. The first-order chi connectivity index (χ1) is 6.40. The summed E-state index contributed by atoms with van der Waals surface area (Å²) >= 11 is 1.23. The van der Waals surface area contributed by atoms with E-state index in [1.807, 2.05) is 24.3 Å². The Hall–Kier alpha value is -1.42. The van der Waals surface area contributed by atoms with Crippen LogP contribution in [0.25, 0.3) is 11.4 Å². The molecule has 0 spiro atoms. The Balaban J connectivity index is 2.33. The van der Waals surface area contributed by atoms with Gasteiger partial charge in [-0.3, -0.25) is 0 Å². The lowest BCUT2D eigenvalue weighted by Crippen LogP contribution is -1.83. The van der Waals surface area contributed by atoms with Gasteiger partial charge < -0.3 is 4.74 Å². The summed E-state index contributed by atoms with van der Waals surface area (Å²) in [5, 5.41) is 0. The van der Waals surface area contributed by atoms with E-state index in [-0.39, 0.29) is 0 Å². The maximum absolute atomic E-state index is 5.04. The fourth-order valence-corrected chi connectivity index (χ4v) is 1.41. The molecule has 0 aliphatic carbocycles. The Morgan fingerprint density at radius 2 is 2.08 bits per heavy atom. The van der Waals surface area contributed by atoms with Crippen molar-refractivity contribution in [2.24, 2.45) is 0 Å². The van der Waals surface area contributed by atoms with Crippen LogP contribution in [-0.2, 0) is 0 Å². The summed E-state index contributed by atoms with van der Waals surface area (Å²) in [7, 11) is 1.64. The minimum absolute atomic E-state index is 0.715. The Morgan fingerprint density at radius 3 is 2.62 bits per heavy atom. The molecule has 1 radical (unpaired) electrons. The standard InChI is InChI=1S/C9H7N2OS/c1-12-8-4-2-7(3-5-8)9-10-6-13-11-9/h2-5H,1H3. The van der Waals surface area contributed by atoms with Gasteiger partial charge >= 0.3 is 0 Å². The second kappa shape index (κ2) is 3.53. The number of benzene rings is 1. The monoisotopic (exact) mass is 191 g/mol. The molecule has 0 atom stereocenters. The smallest absolute Gasteiger partial charge is 0.174 e. The topological polar surface area (TPSA) is 35.0 Å². The van der Waals surface area contributed by atoms with Crippen LogP contribution >= 0.6 is 11.5 Å². The molecule has 65 valence electrons. The van der Waals surface area contributed by atoms with Gasteiger partial charge in [0.2, 0.25) is 0 Å². The predicted octanol–water partition coefficient (Wildman–Crippen LogP) is 2.01. The van der Waals surface area contributed by atoms with E-state index in [2.05, 4.69) is 14.9 Å². The summed E-state index contributed by atoms with van der Waals surface area (Å²) < 4.78 is 9.12. The van der Waals surface area contributed by atoms with Crippen molar-refractivity contribution in [3.8, 4) is 17.1 Å². The van der Waals surface area contributed by atoms with Crippen molar-refractivity contribution in [2.45, 2.75) is 0 Å². The summed E-state index contributed by atoms with van der Waals surface area (Å²) in [6, 6.07) is 7.62. The van der Waals surface area contributed by atoms with Gasteiger partial charge in [0, 0.05) is 5.56 Å². The Kier molecular flexibility index (Phi) is 2.23. The quantitative estimate of drug-likeness (QED) is 0.728. The molecule has 0 saturated carbocycles. The Morgan fingerprint density at radius 1 is 1.31 bits per heavy atom. The Bertz CT molecular complexity index is 369. The van der Waals surface area contributed by atoms with Gasteiger partial charge in [-0.1, -0.05) is 0 Å². The number of ether oxygens (including phenoxy) is 1. The molecule has 2 aromatic rings. The van der Waals surface area contributed by atoms with Crippen molar-refractivity contribution in [3.63, 3.8) is 0 Å². The van der Waals surface area contributed by atoms with Crippen LogP contribution in [0.5, 0.6) is 5.75 Å². The van der Waals surface area contributed by atoms with E-state index in [1.54, 1.807) is 7.11 Å². The van der Waals surface area contributed by atoms with E-state index in [1.165, 1.54) is 11.5 Å². The largest absolute Gasteiger partial charge is 0.497 e. The molecule has 1 heterocycles. The number of rotatable bonds is 2. The van der Waals surface area contributed by atoms with Crippen molar-refractivity contribution >= 4 is 11.5 Å². The van der Waals surface area contributed by atoms with Crippen molar-refractivity contribution in [3.05, 3.63) is 29.8 Å². The summed E-state index contributed by atoms with van der Waals surface area (Å²) in [4.78, 5) is 3.98. The zero-order valence-electron chi connectivity index (χ0n) is 7.02. The minimum Gasteiger partial charge on any atom is -0.497 e. The zero-order chi connectivity index (χ0) is 9.10. The van der Waals surface area contributed by atoms with Crippen LogP contribution in [0.1, 0.15) is 0 Å². The highest BCUT2D eigenvalue weighted by molar-refractivity contribution is 7.02. The average Bonchev–Trinajstić information content (AvgIpc) is 2.71. The molecule has 0 fully saturated rings. The van der Waals surface area contributed by atoms with E-state index < -0.39 is 0 Å². The van der Waals surface area contributed by atoms with Gasteiger partial charge in [-0.25, -0.2) is 4.98 Å². The molecule has 0 amide bonds. The predicted molar refractivity (Wildman–Crippen MR) is 50.7 cm³/mol. The SMILES string of the molecule is COc1ccc(-c2n[c]sn2)cc1. The van der Waals surface area contributed by atoms with Gasteiger partial charge in [0.1, 0.15) is 5.75 Å². The van der Waals surface area contributed by atoms with Crippen LogP contribution in [-0.4, -0.2) is 16.5 Å². The van der Waals surface area contributed by atoms with E-state index in [4.69, 9.17) is 4.74 Å². The second-order valence-electron chi connectivity index (χ2n) is 2.44. The number of methoxy groups -OCH3 is 1. The molecule has 0 bridgehead atoms. The molecular weight excluding hydrogens is 184 g/mol. The highest BCUT2D eigenvalue weighted by Gasteiger charge is 2.00. The molecule has 0 unspecified atom stereocenters. The molecule has 2 rings (SSSR count). The van der Waals surface area contributed by atoms with Crippen LogP contribution < -0.4 is 4.74 Å². The molecule has 0 N–H and O–H groups in total. The van der Waals surface area contributed by atoms with Gasteiger partial charge in [-0.05, 0) is 35.8 Å². The molecule has 1 aromatic heterocycles. The molecule has 0 aliphatic rings. The lowest BCUT2D eigenvalue weighted by Gasteiger charge is -1.99. The van der Waals surface area contributed by atoms with Gasteiger partial charge in [0.05, 0.1) is 7.11 Å². The van der Waals surface area contributed by atoms with Gasteiger partial charge in [-0.15, -0.1) is 0 Å². The van der Waals surface area contributed by atoms with E-state index >= 15 is 0 Å². The summed E-state index contributed by atoms with van der Waals surface area (Å²) in [5.74, 6) is 1.55. The van der Waals surface area contributed by atoms with Crippen LogP contribution in [0, 0.1) is 5.51 Å². The molecule has 1 aromatic carbocycles. The number of hydrogen-bond donors (Lipinski definition) is 0. The summed E-state index contributed by atoms with van der Waals surface area (Å²) in [6.45, 7) is 0. The van der Waals surface area contributed by atoms with Gasteiger partial charge in [-0.2, -0.15) is 4.37 Å². The molecule has 3 nitrogen and oxygen atoms in total. The third-order valence-electron chi connectivity index (χ3n) is 1.67. The number of nitrogens with zero attached hydrogens (tertiary/aromatic N) is 2. The summed E-state index contributed by atoms with van der Waals surface area (Å²) in [6.07, 6.45) is 0. The summed E-state index contributed by atoms with van der Waals surface area (Å²) in [5.41, 5.74) is 3.69. The molecule has 4 heteroatoms. The number of hydrogen-bond acceptors (Lipinski definition) is 4. The highest BCUT2D eigenvalue weighted by atomic mass is 32.1. The first-order valence-corrected chi connectivity index (χ1v) is 4.51. The minimum atomic E-state index is 0.715. The fraction of sp³-hybridized carbons (Fsp3) is 0.111. The van der Waals surface area contributed by atoms with Gasteiger partial charge in [0.25, 0.3) is 0 Å². The molecule has 0 saturated heterocycles. The molecule has 13 heavy (non-hydrogen) atoms. The first-order valence-electron chi connectivity index (χ1n) is 3.74. The third kappa shape index (κ3) is 1.67. The van der Waals surface area contributed by atoms with Crippen molar-refractivity contribution in [1.82, 2.24) is 9.36 Å². The van der Waals surface area contributed by atoms with Crippen LogP contribution in [0.4, 0.5) is 0 Å². The number of aromatic nitrogens is 2. The van der Waals surface area contributed by atoms with Crippen molar-refractivity contribution in [2.75, 3.05) is 7.11 Å². The van der Waals surface area contributed by atoms with Crippen LogP contribution in [0.15, 0.2) is 24.3 Å². The van der Waals surface area contributed by atoms with E-state index in [0.717, 1.165) is 11.3 Å². The lowest BCUT2D eigenvalue weighted by molar-refractivity contribution is 0.415. The van der Waals surface area contributed by atoms with Gasteiger partial charge in [0.15, 0.2) is 11.3 Å². The van der Waals surface area contributed by atoms with Crippen molar-refractivity contribution in [1.29, 1.82) is 0 Å². The van der Waals surface area contributed by atoms with Crippen molar-refractivity contribution < 1.29 is 4.74 Å². The van der Waals surface area contributed by atoms with Crippen LogP contribution in [0.3, 0.4) is 0 Å². The Labute approximate surface area is 80.2 Å². The highest BCUT2D eigenvalue weighted by Crippen LogP contribution is 2.19. The maximum Gasteiger partial charge on any atom is 0.174 e. The molecular formula is C9H7N2OS. The third-order valence-corrected chi connectivity index (χ3v) is 2.11. The zero-order valence-corrected chi connectivity index (χ0v) is 7.84. The normalized spacial score (nSPS) is 9.92.